The number of nitrogens with zero attached hydrogens (tertiary/aromatic N) is 1. The summed E-state index contributed by atoms with van der Waals surface area (Å²) in [6.07, 6.45) is 10.0. The highest BCUT2D eigenvalue weighted by Gasteiger charge is 2.14. The molecule has 0 spiro atoms. The summed E-state index contributed by atoms with van der Waals surface area (Å²) in [5, 5.41) is 0. The van der Waals surface area contributed by atoms with Crippen molar-refractivity contribution in [3.8, 4) is 5.88 Å². The molecule has 1 aromatic rings. The van der Waals surface area contributed by atoms with Crippen molar-refractivity contribution < 1.29 is 14.3 Å². The second-order valence-corrected chi connectivity index (χ2v) is 5.04. The molecule has 21 heavy (non-hydrogen) atoms. The number of hydrogen-bond donors (Lipinski definition) is 0. The Bertz CT molecular complexity index is 588. The van der Waals surface area contributed by atoms with Crippen molar-refractivity contribution in [3.05, 3.63) is 35.0 Å². The predicted octanol–water partition coefficient (Wildman–Crippen LogP) is 3.54. The van der Waals surface area contributed by atoms with Gasteiger partial charge in [-0.2, -0.15) is 0 Å². The number of hydrogen-bond acceptors (Lipinski definition) is 4. The van der Waals surface area contributed by atoms with Crippen LogP contribution < -0.4 is 4.74 Å². The summed E-state index contributed by atoms with van der Waals surface area (Å²) in [5.74, 6) is 0.234. The molecule has 0 saturated carbocycles. The van der Waals surface area contributed by atoms with Gasteiger partial charge in [-0.3, -0.25) is 0 Å². The monoisotopic (exact) mass is 287 g/mol. The first-order chi connectivity index (χ1) is 10.2. The van der Waals surface area contributed by atoms with Gasteiger partial charge in [0, 0.05) is 23.4 Å². The van der Waals surface area contributed by atoms with E-state index in [1.807, 2.05) is 13.0 Å². The molecule has 0 radical (unpaired) electrons. The third-order valence-corrected chi connectivity index (χ3v) is 3.66. The second-order valence-electron chi connectivity index (χ2n) is 5.04. The average molecular weight is 287 g/mol. The van der Waals surface area contributed by atoms with Gasteiger partial charge < -0.3 is 9.47 Å². The van der Waals surface area contributed by atoms with Crippen LogP contribution in [0.2, 0.25) is 0 Å². The lowest BCUT2D eigenvalue weighted by atomic mass is 9.90. The van der Waals surface area contributed by atoms with E-state index in [0.29, 0.717) is 5.88 Å². The van der Waals surface area contributed by atoms with Crippen LogP contribution in [0.15, 0.2) is 18.2 Å². The molecule has 4 heteroatoms. The fraction of sp³-hybridized carbons (Fsp3) is 0.412. The highest BCUT2D eigenvalue weighted by molar-refractivity contribution is 5.89. The number of pyridine rings is 1. The Balaban J connectivity index is 2.48. The molecule has 112 valence electrons. The number of rotatable bonds is 4. The Labute approximate surface area is 125 Å². The van der Waals surface area contributed by atoms with Crippen LogP contribution in [-0.4, -0.2) is 25.2 Å². The molecule has 1 heterocycles. The number of allylic oxidation sites excluding steroid dienone is 2. The minimum atomic E-state index is -0.367. The van der Waals surface area contributed by atoms with E-state index in [1.54, 1.807) is 13.2 Å². The average Bonchev–Trinajstić information content (AvgIpc) is 2.53. The molecule has 0 amide bonds. The van der Waals surface area contributed by atoms with Gasteiger partial charge in [-0.1, -0.05) is 6.08 Å². The molecule has 1 aliphatic carbocycles. The number of carbonyl (C=O) groups excluding carboxylic acids is 1. The number of carbonyl (C=O) groups is 1. The molecule has 0 N–H and O–H groups in total. The zero-order chi connectivity index (χ0) is 15.2. The second kappa shape index (κ2) is 7.07. The summed E-state index contributed by atoms with van der Waals surface area (Å²) in [6, 6.07) is 1.95. The van der Waals surface area contributed by atoms with Gasteiger partial charge >= 0.3 is 5.97 Å². The fourth-order valence-corrected chi connectivity index (χ4v) is 2.54. The Morgan fingerprint density at radius 2 is 2.14 bits per heavy atom. The summed E-state index contributed by atoms with van der Waals surface area (Å²) >= 11 is 0. The van der Waals surface area contributed by atoms with Gasteiger partial charge in [-0.15, -0.1) is 0 Å². The lowest BCUT2D eigenvalue weighted by molar-refractivity contribution is -0.134. The number of ether oxygens (including phenoxy) is 2. The summed E-state index contributed by atoms with van der Waals surface area (Å²) in [4.78, 5) is 15.7. The van der Waals surface area contributed by atoms with Crippen LogP contribution >= 0.6 is 0 Å². The minimum absolute atomic E-state index is 0.367. The van der Waals surface area contributed by atoms with E-state index < -0.39 is 0 Å². The third-order valence-electron chi connectivity index (χ3n) is 3.66. The van der Waals surface area contributed by atoms with Gasteiger partial charge in [0.15, 0.2) is 0 Å². The standard InChI is InChI=1S/C17H21NO3/c1-12-14(9-10-17(19)21-3)15(11-16(18-12)20-2)13-7-5-4-6-8-13/h7,9-11H,4-6,8H2,1-3H3/b10-9+. The maximum absolute atomic E-state index is 11.3. The van der Waals surface area contributed by atoms with Crippen LogP contribution in [0.5, 0.6) is 5.88 Å². The first kappa shape index (κ1) is 15.3. The molecule has 1 aromatic heterocycles. The summed E-state index contributed by atoms with van der Waals surface area (Å²) in [5.41, 5.74) is 4.19. The third kappa shape index (κ3) is 3.72. The SMILES string of the molecule is COC(=O)/C=C/c1c(C2=CCCCC2)cc(OC)nc1C. The Morgan fingerprint density at radius 1 is 1.33 bits per heavy atom. The van der Waals surface area contributed by atoms with Crippen molar-refractivity contribution in [1.29, 1.82) is 0 Å². The molecular weight excluding hydrogens is 266 g/mol. The van der Waals surface area contributed by atoms with Crippen molar-refractivity contribution in [2.45, 2.75) is 32.6 Å². The van der Waals surface area contributed by atoms with E-state index in [4.69, 9.17) is 4.74 Å². The van der Waals surface area contributed by atoms with E-state index >= 15 is 0 Å². The molecule has 0 aliphatic heterocycles. The molecule has 0 fully saturated rings. The van der Waals surface area contributed by atoms with Crippen molar-refractivity contribution in [3.63, 3.8) is 0 Å². The predicted molar refractivity (Wildman–Crippen MR) is 83.0 cm³/mol. The minimum Gasteiger partial charge on any atom is -0.481 e. The Morgan fingerprint density at radius 3 is 2.76 bits per heavy atom. The molecule has 2 rings (SSSR count). The van der Waals surface area contributed by atoms with Gasteiger partial charge in [0.25, 0.3) is 0 Å². The van der Waals surface area contributed by atoms with Gasteiger partial charge in [0.05, 0.1) is 14.2 Å². The van der Waals surface area contributed by atoms with Crippen molar-refractivity contribution in [2.24, 2.45) is 0 Å². The number of esters is 1. The lowest BCUT2D eigenvalue weighted by Gasteiger charge is -2.17. The largest absolute Gasteiger partial charge is 0.481 e. The topological polar surface area (TPSA) is 48.4 Å². The summed E-state index contributed by atoms with van der Waals surface area (Å²) < 4.78 is 9.93. The first-order valence-corrected chi connectivity index (χ1v) is 7.16. The van der Waals surface area contributed by atoms with Gasteiger partial charge in [0.2, 0.25) is 5.88 Å². The Hall–Kier alpha value is -2.10. The molecule has 0 unspecified atom stereocenters. The molecule has 0 saturated heterocycles. The quantitative estimate of drug-likeness (QED) is 0.627. The van der Waals surface area contributed by atoms with E-state index in [0.717, 1.165) is 29.7 Å². The number of methoxy groups -OCH3 is 2. The number of aromatic nitrogens is 1. The van der Waals surface area contributed by atoms with Crippen molar-refractivity contribution in [1.82, 2.24) is 4.98 Å². The van der Waals surface area contributed by atoms with E-state index in [2.05, 4.69) is 15.8 Å². The van der Waals surface area contributed by atoms with Crippen molar-refractivity contribution >= 4 is 17.6 Å². The molecule has 0 atom stereocenters. The fourth-order valence-electron chi connectivity index (χ4n) is 2.54. The first-order valence-electron chi connectivity index (χ1n) is 7.16. The molecule has 0 bridgehead atoms. The summed E-state index contributed by atoms with van der Waals surface area (Å²) in [6.45, 7) is 1.92. The maximum Gasteiger partial charge on any atom is 0.330 e. The number of aryl methyl sites for hydroxylation is 1. The van der Waals surface area contributed by atoms with Crippen LogP contribution in [-0.2, 0) is 9.53 Å². The highest BCUT2D eigenvalue weighted by atomic mass is 16.5. The lowest BCUT2D eigenvalue weighted by Crippen LogP contribution is -2.01. The van der Waals surface area contributed by atoms with Crippen LogP contribution in [0, 0.1) is 6.92 Å². The Kier molecular flexibility index (Phi) is 5.14. The van der Waals surface area contributed by atoms with Gasteiger partial charge in [-0.25, -0.2) is 9.78 Å². The smallest absolute Gasteiger partial charge is 0.330 e. The van der Waals surface area contributed by atoms with Crippen LogP contribution in [0.3, 0.4) is 0 Å². The van der Waals surface area contributed by atoms with Gasteiger partial charge in [0.1, 0.15) is 0 Å². The van der Waals surface area contributed by atoms with E-state index in [9.17, 15) is 4.79 Å². The highest BCUT2D eigenvalue weighted by Crippen LogP contribution is 2.32. The van der Waals surface area contributed by atoms with Crippen LogP contribution in [0.1, 0.15) is 42.5 Å². The van der Waals surface area contributed by atoms with E-state index in [-0.39, 0.29) is 5.97 Å². The molecule has 4 nitrogen and oxygen atoms in total. The van der Waals surface area contributed by atoms with Crippen molar-refractivity contribution in [2.75, 3.05) is 14.2 Å². The van der Waals surface area contributed by atoms with Crippen LogP contribution in [0.25, 0.3) is 11.6 Å². The van der Waals surface area contributed by atoms with Gasteiger partial charge in [-0.05, 0) is 49.8 Å². The zero-order valence-electron chi connectivity index (χ0n) is 12.8. The zero-order valence-corrected chi connectivity index (χ0v) is 12.8. The van der Waals surface area contributed by atoms with E-state index in [1.165, 1.54) is 31.6 Å². The molecular formula is C17H21NO3. The van der Waals surface area contributed by atoms with Crippen LogP contribution in [0.4, 0.5) is 0 Å². The molecule has 0 aromatic carbocycles. The molecule has 1 aliphatic rings. The maximum atomic E-state index is 11.3. The normalized spacial score (nSPS) is 14.9. The summed E-state index contributed by atoms with van der Waals surface area (Å²) in [7, 11) is 2.99.